The first kappa shape index (κ1) is 14.0. The third kappa shape index (κ3) is 3.30. The third-order valence-electron chi connectivity index (χ3n) is 3.24. The van der Waals surface area contributed by atoms with Crippen LogP contribution in [-0.2, 0) is 17.9 Å². The first-order valence-corrected chi connectivity index (χ1v) is 6.49. The van der Waals surface area contributed by atoms with E-state index in [1.165, 1.54) is 6.33 Å². The van der Waals surface area contributed by atoms with E-state index in [1.54, 1.807) is 9.58 Å². The highest BCUT2D eigenvalue weighted by Gasteiger charge is 2.36. The molecule has 106 valence electrons. The van der Waals surface area contributed by atoms with Crippen LogP contribution in [0.3, 0.4) is 0 Å². The molecule has 1 aromatic rings. The minimum atomic E-state index is -0.897. The van der Waals surface area contributed by atoms with Gasteiger partial charge in [-0.1, -0.05) is 13.8 Å². The molecule has 7 heteroatoms. The molecule has 0 aromatic carbocycles. The lowest BCUT2D eigenvalue weighted by atomic mass is 10.2. The average Bonchev–Trinajstić information content (AvgIpc) is 2.86. The Kier molecular flexibility index (Phi) is 4.16. The number of hydrogen-bond acceptors (Lipinski definition) is 5. The molecule has 19 heavy (non-hydrogen) atoms. The van der Waals surface area contributed by atoms with Crippen LogP contribution in [0.4, 0.5) is 0 Å². The van der Waals surface area contributed by atoms with Gasteiger partial charge in [0, 0.05) is 19.5 Å². The molecule has 1 fully saturated rings. The second-order valence-corrected chi connectivity index (χ2v) is 5.43. The summed E-state index contributed by atoms with van der Waals surface area (Å²) in [5.41, 5.74) is 0. The number of β-amino-alcohol motifs (C(OH)–C–C–N with tert-alkyl or cyclic N) is 1. The van der Waals surface area contributed by atoms with Crippen LogP contribution >= 0.6 is 0 Å². The van der Waals surface area contributed by atoms with Crippen LogP contribution in [0.1, 0.15) is 26.1 Å². The zero-order valence-corrected chi connectivity index (χ0v) is 11.2. The van der Waals surface area contributed by atoms with Crippen LogP contribution in [-0.4, -0.2) is 54.5 Å². The Morgan fingerprint density at radius 1 is 1.58 bits per heavy atom. The van der Waals surface area contributed by atoms with Crippen molar-refractivity contribution in [3.05, 3.63) is 12.2 Å². The number of aliphatic hydroxyl groups is 1. The number of carbonyl (C=O) groups is 1. The molecule has 1 aliphatic rings. The number of carboxylic acids is 1. The predicted octanol–water partition coefficient (Wildman–Crippen LogP) is -0.0461. The van der Waals surface area contributed by atoms with E-state index in [9.17, 15) is 9.90 Å². The van der Waals surface area contributed by atoms with Crippen molar-refractivity contribution in [1.29, 1.82) is 0 Å². The molecule has 2 rings (SSSR count). The van der Waals surface area contributed by atoms with Crippen molar-refractivity contribution in [1.82, 2.24) is 19.7 Å². The van der Waals surface area contributed by atoms with Gasteiger partial charge in [0.25, 0.3) is 0 Å². The lowest BCUT2D eigenvalue weighted by molar-refractivity contribution is -0.142. The molecule has 0 amide bonds. The Labute approximate surface area is 111 Å². The molecular weight excluding hydrogens is 248 g/mol. The Bertz CT molecular complexity index is 446. The maximum Gasteiger partial charge on any atom is 0.321 e. The Morgan fingerprint density at radius 3 is 2.95 bits per heavy atom. The van der Waals surface area contributed by atoms with Gasteiger partial charge in [0.2, 0.25) is 0 Å². The van der Waals surface area contributed by atoms with Crippen LogP contribution in [0, 0.1) is 5.92 Å². The summed E-state index contributed by atoms with van der Waals surface area (Å²) >= 11 is 0. The fraction of sp³-hybridized carbons (Fsp3) is 0.750. The van der Waals surface area contributed by atoms with E-state index in [1.807, 2.05) is 0 Å². The highest BCUT2D eigenvalue weighted by atomic mass is 16.4. The Hall–Kier alpha value is -1.47. The van der Waals surface area contributed by atoms with Gasteiger partial charge in [0.15, 0.2) is 0 Å². The van der Waals surface area contributed by atoms with Crippen LogP contribution < -0.4 is 0 Å². The lowest BCUT2D eigenvalue weighted by Gasteiger charge is -2.20. The summed E-state index contributed by atoms with van der Waals surface area (Å²) in [6, 6.07) is -0.640. The SMILES string of the molecule is CC(C)Cn1ncnc1CN1CC(O)CC1C(=O)O. The maximum absolute atomic E-state index is 11.2. The van der Waals surface area contributed by atoms with E-state index >= 15 is 0 Å². The summed E-state index contributed by atoms with van der Waals surface area (Å²) in [5, 5.41) is 22.9. The second kappa shape index (κ2) is 5.66. The van der Waals surface area contributed by atoms with E-state index in [2.05, 4.69) is 23.9 Å². The largest absolute Gasteiger partial charge is 0.480 e. The zero-order chi connectivity index (χ0) is 14.0. The van der Waals surface area contributed by atoms with Gasteiger partial charge in [-0.3, -0.25) is 9.69 Å². The van der Waals surface area contributed by atoms with E-state index in [0.717, 1.165) is 12.4 Å². The second-order valence-electron chi connectivity index (χ2n) is 5.43. The lowest BCUT2D eigenvalue weighted by Crippen LogP contribution is -2.36. The number of rotatable bonds is 5. The molecule has 2 N–H and O–H groups in total. The quantitative estimate of drug-likeness (QED) is 0.778. The fourth-order valence-electron chi connectivity index (χ4n) is 2.40. The Morgan fingerprint density at radius 2 is 2.32 bits per heavy atom. The van der Waals surface area contributed by atoms with Crippen molar-refractivity contribution >= 4 is 5.97 Å². The van der Waals surface area contributed by atoms with Crippen molar-refractivity contribution in [3.8, 4) is 0 Å². The van der Waals surface area contributed by atoms with Gasteiger partial charge in [-0.25, -0.2) is 9.67 Å². The van der Waals surface area contributed by atoms with Crippen LogP contribution in [0.5, 0.6) is 0 Å². The molecule has 2 atom stereocenters. The number of aliphatic hydroxyl groups excluding tert-OH is 1. The summed E-state index contributed by atoms with van der Waals surface area (Å²) < 4.78 is 1.80. The molecule has 1 saturated heterocycles. The highest BCUT2D eigenvalue weighted by Crippen LogP contribution is 2.20. The summed E-state index contributed by atoms with van der Waals surface area (Å²) in [5.74, 6) is 0.292. The van der Waals surface area contributed by atoms with Gasteiger partial charge in [0.05, 0.1) is 12.6 Å². The molecule has 2 unspecified atom stereocenters. The van der Waals surface area contributed by atoms with Crippen molar-refractivity contribution in [2.45, 2.75) is 45.5 Å². The highest BCUT2D eigenvalue weighted by molar-refractivity contribution is 5.74. The molecule has 2 heterocycles. The van der Waals surface area contributed by atoms with E-state index in [0.29, 0.717) is 19.0 Å². The van der Waals surface area contributed by atoms with Crippen LogP contribution in [0.2, 0.25) is 0 Å². The molecule has 0 bridgehead atoms. The van der Waals surface area contributed by atoms with Crippen molar-refractivity contribution in [2.24, 2.45) is 5.92 Å². The average molecular weight is 268 g/mol. The molecule has 1 aromatic heterocycles. The minimum absolute atomic E-state index is 0.271. The monoisotopic (exact) mass is 268 g/mol. The van der Waals surface area contributed by atoms with Crippen LogP contribution in [0.25, 0.3) is 0 Å². The van der Waals surface area contributed by atoms with E-state index in [4.69, 9.17) is 5.11 Å². The fourth-order valence-corrected chi connectivity index (χ4v) is 2.40. The molecule has 0 saturated carbocycles. The number of aromatic nitrogens is 3. The summed E-state index contributed by atoms with van der Waals surface area (Å²) in [7, 11) is 0. The normalized spacial score (nSPS) is 24.2. The predicted molar refractivity (Wildman–Crippen MR) is 67.3 cm³/mol. The first-order chi connectivity index (χ1) is 8.97. The number of carboxylic acid groups (broad SMARTS) is 1. The smallest absolute Gasteiger partial charge is 0.321 e. The van der Waals surface area contributed by atoms with Gasteiger partial charge in [-0.2, -0.15) is 5.10 Å². The molecule has 0 aliphatic carbocycles. The van der Waals surface area contributed by atoms with E-state index < -0.39 is 18.1 Å². The van der Waals surface area contributed by atoms with Gasteiger partial charge in [0.1, 0.15) is 18.2 Å². The van der Waals surface area contributed by atoms with Gasteiger partial charge < -0.3 is 10.2 Å². The number of hydrogen-bond donors (Lipinski definition) is 2. The van der Waals surface area contributed by atoms with Gasteiger partial charge >= 0.3 is 5.97 Å². The maximum atomic E-state index is 11.2. The van der Waals surface area contributed by atoms with Crippen molar-refractivity contribution in [3.63, 3.8) is 0 Å². The third-order valence-corrected chi connectivity index (χ3v) is 3.24. The number of likely N-dealkylation sites (tertiary alicyclic amines) is 1. The topological polar surface area (TPSA) is 91.5 Å². The Balaban J connectivity index is 2.08. The summed E-state index contributed by atoms with van der Waals surface area (Å²) in [6.07, 6.45) is 1.18. The molecular formula is C12H20N4O3. The summed E-state index contributed by atoms with van der Waals surface area (Å²) in [6.45, 7) is 5.70. The number of nitrogens with zero attached hydrogens (tertiary/aromatic N) is 4. The minimum Gasteiger partial charge on any atom is -0.480 e. The molecule has 0 spiro atoms. The zero-order valence-electron chi connectivity index (χ0n) is 11.2. The standard InChI is InChI=1S/C12H20N4O3/c1-8(2)4-16-11(13-7-14-16)6-15-5-9(17)3-10(15)12(18)19/h7-10,17H,3-6H2,1-2H3,(H,18,19). The van der Waals surface area contributed by atoms with Crippen molar-refractivity contribution < 1.29 is 15.0 Å². The van der Waals surface area contributed by atoms with Gasteiger partial charge in [-0.15, -0.1) is 0 Å². The van der Waals surface area contributed by atoms with Gasteiger partial charge in [-0.05, 0) is 5.92 Å². The van der Waals surface area contributed by atoms with E-state index in [-0.39, 0.29) is 6.42 Å². The molecule has 7 nitrogen and oxygen atoms in total. The first-order valence-electron chi connectivity index (χ1n) is 6.49. The molecule has 1 aliphatic heterocycles. The van der Waals surface area contributed by atoms with Crippen LogP contribution in [0.15, 0.2) is 6.33 Å². The summed E-state index contributed by atoms with van der Waals surface area (Å²) in [4.78, 5) is 17.1. The number of aliphatic carboxylic acids is 1. The van der Waals surface area contributed by atoms with Crippen molar-refractivity contribution in [2.75, 3.05) is 6.54 Å². The molecule has 0 radical (unpaired) electrons.